The van der Waals surface area contributed by atoms with Gasteiger partial charge in [0.1, 0.15) is 0 Å². The third kappa shape index (κ3) is 3.24. The van der Waals surface area contributed by atoms with Gasteiger partial charge in [-0.05, 0) is 30.7 Å². The van der Waals surface area contributed by atoms with Crippen LogP contribution in [0.4, 0.5) is 13.2 Å². The molecular formula is C14H13F3N2O2. The van der Waals surface area contributed by atoms with Gasteiger partial charge in [0.15, 0.2) is 5.69 Å². The summed E-state index contributed by atoms with van der Waals surface area (Å²) in [7, 11) is 1.61. The number of hydrogen-bond acceptors (Lipinski definition) is 3. The molecule has 4 nitrogen and oxygen atoms in total. The highest BCUT2D eigenvalue weighted by molar-refractivity contribution is 5.88. The molecule has 0 aliphatic carbocycles. The molecule has 0 aliphatic heterocycles. The molecule has 1 aromatic carbocycles. The van der Waals surface area contributed by atoms with Crippen molar-refractivity contribution in [1.82, 2.24) is 9.78 Å². The molecule has 0 radical (unpaired) electrons. The van der Waals surface area contributed by atoms with Crippen LogP contribution in [0.15, 0.2) is 30.3 Å². The van der Waals surface area contributed by atoms with Crippen molar-refractivity contribution in [3.8, 4) is 11.3 Å². The number of esters is 1. The van der Waals surface area contributed by atoms with Gasteiger partial charge in [-0.2, -0.15) is 18.3 Å². The molecule has 0 N–H and O–H groups in total. The average molecular weight is 298 g/mol. The molecule has 7 heteroatoms. The quantitative estimate of drug-likeness (QED) is 0.817. The summed E-state index contributed by atoms with van der Waals surface area (Å²) >= 11 is 0. The third-order valence-corrected chi connectivity index (χ3v) is 2.87. The molecule has 0 saturated heterocycles. The minimum Gasteiger partial charge on any atom is -0.461 e. The maximum absolute atomic E-state index is 12.5. The summed E-state index contributed by atoms with van der Waals surface area (Å²) in [5, 5.41) is 4.00. The van der Waals surface area contributed by atoms with Crippen molar-refractivity contribution < 1.29 is 22.7 Å². The smallest absolute Gasteiger partial charge is 0.416 e. The molecule has 0 unspecified atom stereocenters. The molecule has 21 heavy (non-hydrogen) atoms. The lowest BCUT2D eigenvalue weighted by atomic mass is 10.1. The van der Waals surface area contributed by atoms with Gasteiger partial charge in [-0.15, -0.1) is 0 Å². The zero-order valence-corrected chi connectivity index (χ0v) is 11.4. The largest absolute Gasteiger partial charge is 0.461 e. The lowest BCUT2D eigenvalue weighted by molar-refractivity contribution is -0.137. The highest BCUT2D eigenvalue weighted by Gasteiger charge is 2.30. The van der Waals surface area contributed by atoms with Crippen molar-refractivity contribution in [2.75, 3.05) is 6.61 Å². The molecule has 0 amide bonds. The number of aromatic nitrogens is 2. The van der Waals surface area contributed by atoms with Crippen LogP contribution in [0.25, 0.3) is 11.3 Å². The molecule has 1 aromatic heterocycles. The fourth-order valence-corrected chi connectivity index (χ4v) is 1.87. The minimum atomic E-state index is -4.37. The summed E-state index contributed by atoms with van der Waals surface area (Å²) in [5.74, 6) is -0.564. The fraction of sp³-hybridized carbons (Fsp3) is 0.286. The number of alkyl halides is 3. The first-order valence-electron chi connectivity index (χ1n) is 6.21. The first kappa shape index (κ1) is 15.1. The Kier molecular flexibility index (Phi) is 4.02. The van der Waals surface area contributed by atoms with Gasteiger partial charge in [0.05, 0.1) is 17.9 Å². The van der Waals surface area contributed by atoms with Crippen LogP contribution in [0.3, 0.4) is 0 Å². The summed E-state index contributed by atoms with van der Waals surface area (Å²) in [6.07, 6.45) is -4.37. The van der Waals surface area contributed by atoms with Gasteiger partial charge in [0.25, 0.3) is 0 Å². The summed E-state index contributed by atoms with van der Waals surface area (Å²) in [6, 6.07) is 6.16. The predicted octanol–water partition coefficient (Wildman–Crippen LogP) is 3.28. The van der Waals surface area contributed by atoms with E-state index in [0.717, 1.165) is 12.1 Å². The second-order valence-corrected chi connectivity index (χ2v) is 4.33. The Labute approximate surface area is 119 Å². The zero-order valence-electron chi connectivity index (χ0n) is 11.4. The maximum Gasteiger partial charge on any atom is 0.416 e. The van der Waals surface area contributed by atoms with Gasteiger partial charge in [-0.1, -0.05) is 12.1 Å². The Morgan fingerprint density at radius 2 is 1.90 bits per heavy atom. The molecule has 2 aromatic rings. The summed E-state index contributed by atoms with van der Waals surface area (Å²) in [6.45, 7) is 1.91. The SMILES string of the molecule is CCOC(=O)c1cc(-c2ccc(C(F)(F)F)cc2)n(C)n1. The van der Waals surface area contributed by atoms with Crippen LogP contribution in [0.1, 0.15) is 23.0 Å². The predicted molar refractivity (Wildman–Crippen MR) is 69.6 cm³/mol. The van der Waals surface area contributed by atoms with Crippen LogP contribution >= 0.6 is 0 Å². The van der Waals surface area contributed by atoms with Gasteiger partial charge in [0, 0.05) is 7.05 Å². The van der Waals surface area contributed by atoms with Gasteiger partial charge >= 0.3 is 12.1 Å². The zero-order chi connectivity index (χ0) is 15.6. The number of nitrogens with zero attached hydrogens (tertiary/aromatic N) is 2. The van der Waals surface area contributed by atoms with Crippen LogP contribution in [0.2, 0.25) is 0 Å². The molecule has 0 saturated carbocycles. The topological polar surface area (TPSA) is 44.1 Å². The van der Waals surface area contributed by atoms with E-state index in [2.05, 4.69) is 5.10 Å². The molecule has 0 aliphatic rings. The van der Waals surface area contributed by atoms with Gasteiger partial charge in [-0.25, -0.2) is 4.79 Å². The van der Waals surface area contributed by atoms with Crippen molar-refractivity contribution >= 4 is 5.97 Å². The number of carbonyl (C=O) groups excluding carboxylic acids is 1. The van der Waals surface area contributed by atoms with E-state index in [1.807, 2.05) is 0 Å². The number of aryl methyl sites for hydroxylation is 1. The second kappa shape index (κ2) is 5.59. The minimum absolute atomic E-state index is 0.120. The summed E-state index contributed by atoms with van der Waals surface area (Å²) in [4.78, 5) is 11.6. The monoisotopic (exact) mass is 298 g/mol. The first-order chi connectivity index (χ1) is 9.82. The van der Waals surface area contributed by atoms with E-state index in [1.165, 1.54) is 22.9 Å². The van der Waals surface area contributed by atoms with E-state index in [-0.39, 0.29) is 12.3 Å². The molecule has 0 bridgehead atoms. The lowest BCUT2D eigenvalue weighted by Gasteiger charge is -2.07. The van der Waals surface area contributed by atoms with Crippen LogP contribution in [0.5, 0.6) is 0 Å². The average Bonchev–Trinajstić information content (AvgIpc) is 2.80. The number of hydrogen-bond donors (Lipinski definition) is 0. The Balaban J connectivity index is 2.32. The fourth-order valence-electron chi connectivity index (χ4n) is 1.87. The first-order valence-corrected chi connectivity index (χ1v) is 6.21. The molecule has 1 heterocycles. The van der Waals surface area contributed by atoms with Gasteiger partial charge in [-0.3, -0.25) is 4.68 Å². The lowest BCUT2D eigenvalue weighted by Crippen LogP contribution is -2.06. The third-order valence-electron chi connectivity index (χ3n) is 2.87. The van der Waals surface area contributed by atoms with E-state index in [0.29, 0.717) is 11.3 Å². The summed E-state index contributed by atoms with van der Waals surface area (Å²) in [5.41, 5.74) is 0.466. The van der Waals surface area contributed by atoms with Crippen LogP contribution in [0, 0.1) is 0 Å². The Bertz CT molecular complexity index is 645. The number of ether oxygens (including phenoxy) is 1. The molecule has 0 fully saturated rings. The van der Waals surface area contributed by atoms with Crippen molar-refractivity contribution in [3.05, 3.63) is 41.6 Å². The number of benzene rings is 1. The molecule has 0 atom stereocenters. The van der Waals surface area contributed by atoms with Gasteiger partial charge < -0.3 is 4.74 Å². The Morgan fingerprint density at radius 1 is 1.29 bits per heavy atom. The highest BCUT2D eigenvalue weighted by atomic mass is 19.4. The van der Waals surface area contributed by atoms with Gasteiger partial charge in [0.2, 0.25) is 0 Å². The van der Waals surface area contributed by atoms with E-state index in [4.69, 9.17) is 4.74 Å². The van der Waals surface area contributed by atoms with Crippen molar-refractivity contribution in [2.24, 2.45) is 7.05 Å². The standard InChI is InChI=1S/C14H13F3N2O2/c1-3-21-13(20)11-8-12(19(2)18-11)9-4-6-10(7-5-9)14(15,16)17/h4-8H,3H2,1-2H3. The van der Waals surface area contributed by atoms with Crippen molar-refractivity contribution in [2.45, 2.75) is 13.1 Å². The molecule has 0 spiro atoms. The molecule has 112 valence electrons. The van der Waals surface area contributed by atoms with Crippen LogP contribution in [-0.2, 0) is 18.0 Å². The van der Waals surface area contributed by atoms with Crippen LogP contribution in [-0.4, -0.2) is 22.4 Å². The highest BCUT2D eigenvalue weighted by Crippen LogP contribution is 2.31. The molecular weight excluding hydrogens is 285 g/mol. The van der Waals surface area contributed by atoms with E-state index >= 15 is 0 Å². The van der Waals surface area contributed by atoms with E-state index in [1.54, 1.807) is 14.0 Å². The van der Waals surface area contributed by atoms with Crippen LogP contribution < -0.4 is 0 Å². The normalized spacial score (nSPS) is 11.5. The number of rotatable bonds is 3. The Morgan fingerprint density at radius 3 is 2.43 bits per heavy atom. The van der Waals surface area contributed by atoms with Crippen molar-refractivity contribution in [1.29, 1.82) is 0 Å². The molecule has 2 rings (SSSR count). The van der Waals surface area contributed by atoms with Crippen molar-refractivity contribution in [3.63, 3.8) is 0 Å². The second-order valence-electron chi connectivity index (χ2n) is 4.33. The summed E-state index contributed by atoms with van der Waals surface area (Å²) < 4.78 is 43.8. The number of halogens is 3. The van der Waals surface area contributed by atoms with E-state index in [9.17, 15) is 18.0 Å². The maximum atomic E-state index is 12.5. The van der Waals surface area contributed by atoms with E-state index < -0.39 is 17.7 Å². The Hall–Kier alpha value is -2.31. The number of carbonyl (C=O) groups is 1.